The van der Waals surface area contributed by atoms with Gasteiger partial charge in [0.15, 0.2) is 11.8 Å². The maximum Gasteiger partial charge on any atom is 0.306 e. The van der Waals surface area contributed by atoms with E-state index in [1.165, 1.54) is 10.6 Å². The molecule has 0 radical (unpaired) electrons. The zero-order valence-electron chi connectivity index (χ0n) is 13.8. The van der Waals surface area contributed by atoms with E-state index in [2.05, 4.69) is 20.4 Å². The smallest absolute Gasteiger partial charge is 0.306 e. The van der Waals surface area contributed by atoms with Crippen molar-refractivity contribution in [1.82, 2.24) is 19.6 Å². The van der Waals surface area contributed by atoms with Crippen LogP contribution in [0.25, 0.3) is 16.8 Å². The van der Waals surface area contributed by atoms with Crippen molar-refractivity contribution in [3.05, 3.63) is 42.1 Å². The molecular weight excluding hydrogens is 341 g/mol. The lowest BCUT2D eigenvalue weighted by Gasteiger charge is -2.06. The summed E-state index contributed by atoms with van der Waals surface area (Å²) in [4.78, 5) is 31.2. The van der Waals surface area contributed by atoms with Crippen LogP contribution < -0.4 is 5.32 Å². The molecule has 3 aromatic rings. The van der Waals surface area contributed by atoms with Crippen LogP contribution in [0.2, 0.25) is 0 Å². The minimum absolute atomic E-state index is 0.115. The SMILES string of the molecule is Cc1nc(F)ccc1-c1ccc2nc(NC(=O)[C@@H]3CCC(=O)O3)nn2c1. The highest BCUT2D eigenvalue weighted by molar-refractivity contribution is 5.95. The summed E-state index contributed by atoms with van der Waals surface area (Å²) in [5.41, 5.74) is 2.64. The zero-order chi connectivity index (χ0) is 18.3. The van der Waals surface area contributed by atoms with Crippen LogP contribution in [0.5, 0.6) is 0 Å². The van der Waals surface area contributed by atoms with Crippen molar-refractivity contribution in [3.63, 3.8) is 0 Å². The minimum atomic E-state index is -0.808. The molecule has 4 heterocycles. The Kier molecular flexibility index (Phi) is 3.83. The summed E-state index contributed by atoms with van der Waals surface area (Å²) in [6.07, 6.45) is 1.48. The number of rotatable bonds is 3. The van der Waals surface area contributed by atoms with Crippen molar-refractivity contribution in [2.75, 3.05) is 5.32 Å². The average molecular weight is 355 g/mol. The van der Waals surface area contributed by atoms with Crippen molar-refractivity contribution >= 4 is 23.5 Å². The van der Waals surface area contributed by atoms with E-state index in [1.807, 2.05) is 6.07 Å². The lowest BCUT2D eigenvalue weighted by molar-refractivity contribution is -0.146. The predicted molar refractivity (Wildman–Crippen MR) is 88.7 cm³/mol. The first-order chi connectivity index (χ1) is 12.5. The summed E-state index contributed by atoms with van der Waals surface area (Å²) < 4.78 is 19.6. The van der Waals surface area contributed by atoms with Gasteiger partial charge in [0.2, 0.25) is 11.9 Å². The number of ether oxygens (including phenoxy) is 1. The first-order valence-corrected chi connectivity index (χ1v) is 8.00. The minimum Gasteiger partial charge on any atom is -0.452 e. The number of aryl methyl sites for hydroxylation is 1. The fourth-order valence-electron chi connectivity index (χ4n) is 2.83. The molecule has 1 N–H and O–H groups in total. The highest BCUT2D eigenvalue weighted by Crippen LogP contribution is 2.23. The van der Waals surface area contributed by atoms with Crippen LogP contribution in [0.15, 0.2) is 30.5 Å². The fraction of sp³-hybridized carbons (Fsp3) is 0.235. The summed E-state index contributed by atoms with van der Waals surface area (Å²) >= 11 is 0. The maximum absolute atomic E-state index is 13.2. The third-order valence-electron chi connectivity index (χ3n) is 4.11. The second-order valence-corrected chi connectivity index (χ2v) is 5.93. The monoisotopic (exact) mass is 355 g/mol. The van der Waals surface area contributed by atoms with E-state index in [1.54, 1.807) is 25.3 Å². The van der Waals surface area contributed by atoms with Gasteiger partial charge in [-0.3, -0.25) is 14.9 Å². The number of fused-ring (bicyclic) bond motifs is 1. The highest BCUT2D eigenvalue weighted by atomic mass is 19.1. The Hall–Kier alpha value is -3.36. The normalized spacial score (nSPS) is 16.7. The Morgan fingerprint density at radius 1 is 1.31 bits per heavy atom. The number of cyclic esters (lactones) is 1. The van der Waals surface area contributed by atoms with Gasteiger partial charge in [-0.1, -0.05) is 0 Å². The molecule has 1 aliphatic heterocycles. The van der Waals surface area contributed by atoms with E-state index in [0.29, 0.717) is 17.8 Å². The standard InChI is InChI=1S/C17H14FN5O3/c1-9-11(3-5-13(18)19-9)10-2-6-14-20-17(22-23(14)8-10)21-16(25)12-4-7-15(24)26-12/h2-3,5-6,8,12H,4,7H2,1H3,(H,21,22,25)/t12-/m0/s1. The van der Waals surface area contributed by atoms with Crippen LogP contribution in [0, 0.1) is 12.9 Å². The number of anilines is 1. The lowest BCUT2D eigenvalue weighted by atomic mass is 10.1. The largest absolute Gasteiger partial charge is 0.452 e. The summed E-state index contributed by atoms with van der Waals surface area (Å²) in [7, 11) is 0. The van der Waals surface area contributed by atoms with Gasteiger partial charge in [-0.15, -0.1) is 5.10 Å². The Balaban J connectivity index is 1.59. The number of amides is 1. The molecule has 9 heteroatoms. The van der Waals surface area contributed by atoms with Crippen LogP contribution >= 0.6 is 0 Å². The van der Waals surface area contributed by atoms with Gasteiger partial charge in [0.25, 0.3) is 5.91 Å². The zero-order valence-corrected chi connectivity index (χ0v) is 13.8. The number of hydrogen-bond acceptors (Lipinski definition) is 6. The molecule has 1 fully saturated rings. The molecule has 26 heavy (non-hydrogen) atoms. The van der Waals surface area contributed by atoms with Crippen LogP contribution in [0.4, 0.5) is 10.3 Å². The number of hydrogen-bond donors (Lipinski definition) is 1. The average Bonchev–Trinajstić information content (AvgIpc) is 3.19. The lowest BCUT2D eigenvalue weighted by Crippen LogP contribution is -2.27. The van der Waals surface area contributed by atoms with Gasteiger partial charge in [0.05, 0.1) is 0 Å². The Bertz CT molecular complexity index is 1030. The third-order valence-corrected chi connectivity index (χ3v) is 4.11. The fourth-order valence-corrected chi connectivity index (χ4v) is 2.83. The highest BCUT2D eigenvalue weighted by Gasteiger charge is 2.30. The van der Waals surface area contributed by atoms with E-state index in [9.17, 15) is 14.0 Å². The molecule has 1 amide bonds. The van der Waals surface area contributed by atoms with Crippen molar-refractivity contribution < 1.29 is 18.7 Å². The molecule has 0 unspecified atom stereocenters. The van der Waals surface area contributed by atoms with Gasteiger partial charge in [-0.25, -0.2) is 9.50 Å². The van der Waals surface area contributed by atoms with E-state index in [0.717, 1.165) is 11.1 Å². The second-order valence-electron chi connectivity index (χ2n) is 5.93. The number of carbonyl (C=O) groups is 2. The molecule has 0 bridgehead atoms. The van der Waals surface area contributed by atoms with Gasteiger partial charge >= 0.3 is 5.97 Å². The summed E-state index contributed by atoms with van der Waals surface area (Å²) in [6.45, 7) is 1.72. The molecule has 132 valence electrons. The van der Waals surface area contributed by atoms with Gasteiger partial charge < -0.3 is 4.74 Å². The molecule has 1 aliphatic rings. The molecule has 4 rings (SSSR count). The quantitative estimate of drug-likeness (QED) is 0.569. The second kappa shape index (κ2) is 6.17. The number of carbonyl (C=O) groups excluding carboxylic acids is 2. The molecular formula is C17H14FN5O3. The topological polar surface area (TPSA) is 98.5 Å². The third kappa shape index (κ3) is 2.99. The van der Waals surface area contributed by atoms with E-state index >= 15 is 0 Å². The molecule has 0 aliphatic carbocycles. The molecule has 1 atom stereocenters. The number of aromatic nitrogens is 4. The van der Waals surface area contributed by atoms with E-state index in [4.69, 9.17) is 4.74 Å². The number of pyridine rings is 2. The number of halogens is 1. The molecule has 1 saturated heterocycles. The summed E-state index contributed by atoms with van der Waals surface area (Å²) in [6, 6.07) is 6.49. The van der Waals surface area contributed by atoms with Crippen LogP contribution in [0.3, 0.4) is 0 Å². The number of nitrogens with zero attached hydrogens (tertiary/aromatic N) is 4. The van der Waals surface area contributed by atoms with Gasteiger partial charge in [0, 0.05) is 35.9 Å². The van der Waals surface area contributed by atoms with Crippen LogP contribution in [0.1, 0.15) is 18.5 Å². The Morgan fingerprint density at radius 2 is 2.15 bits per heavy atom. The van der Waals surface area contributed by atoms with Crippen molar-refractivity contribution in [1.29, 1.82) is 0 Å². The molecule has 3 aromatic heterocycles. The Morgan fingerprint density at radius 3 is 2.88 bits per heavy atom. The van der Waals surface area contributed by atoms with Crippen molar-refractivity contribution in [2.45, 2.75) is 25.9 Å². The molecule has 0 saturated carbocycles. The molecule has 0 aromatic carbocycles. The van der Waals surface area contributed by atoms with E-state index < -0.39 is 18.0 Å². The van der Waals surface area contributed by atoms with Gasteiger partial charge in [-0.2, -0.15) is 9.37 Å². The van der Waals surface area contributed by atoms with Gasteiger partial charge in [-0.05, 0) is 31.2 Å². The summed E-state index contributed by atoms with van der Waals surface area (Å²) in [5, 5.41) is 6.77. The van der Waals surface area contributed by atoms with Crippen LogP contribution in [-0.4, -0.2) is 37.6 Å². The molecule has 8 nitrogen and oxygen atoms in total. The first-order valence-electron chi connectivity index (χ1n) is 8.00. The summed E-state index contributed by atoms with van der Waals surface area (Å²) in [5.74, 6) is -1.26. The Labute approximate surface area is 147 Å². The maximum atomic E-state index is 13.2. The van der Waals surface area contributed by atoms with Gasteiger partial charge in [0.1, 0.15) is 0 Å². The van der Waals surface area contributed by atoms with Crippen molar-refractivity contribution in [3.8, 4) is 11.1 Å². The first kappa shape index (κ1) is 16.1. The number of nitrogens with one attached hydrogen (secondary N) is 1. The van der Waals surface area contributed by atoms with Crippen LogP contribution in [-0.2, 0) is 14.3 Å². The predicted octanol–water partition coefficient (Wildman–Crippen LogP) is 1.88. The van der Waals surface area contributed by atoms with Crippen molar-refractivity contribution in [2.24, 2.45) is 0 Å². The van der Waals surface area contributed by atoms with E-state index in [-0.39, 0.29) is 18.3 Å². The molecule has 0 spiro atoms. The number of esters is 1.